The fourth-order valence-corrected chi connectivity index (χ4v) is 3.25. The Balaban J connectivity index is 2.10. The van der Waals surface area contributed by atoms with Gasteiger partial charge in [0.05, 0.1) is 6.42 Å². The lowest BCUT2D eigenvalue weighted by atomic mass is 9.96. The molecule has 0 spiro atoms. The van der Waals surface area contributed by atoms with Gasteiger partial charge in [-0.1, -0.05) is 25.5 Å². The lowest BCUT2D eigenvalue weighted by Gasteiger charge is -2.19. The van der Waals surface area contributed by atoms with Gasteiger partial charge in [0.25, 0.3) is 0 Å². The third-order valence-electron chi connectivity index (χ3n) is 4.50. The van der Waals surface area contributed by atoms with Crippen molar-refractivity contribution in [2.75, 3.05) is 13.1 Å². The lowest BCUT2D eigenvalue weighted by Crippen LogP contribution is -2.37. The van der Waals surface area contributed by atoms with Crippen LogP contribution in [0.3, 0.4) is 0 Å². The largest absolute Gasteiger partial charge is 0.352 e. The SMILES string of the molecule is CCC/C=C(/CC(=O)N1CC[C@H](NC(C)=O)C1)c1ccc(F)cc1C. The highest BCUT2D eigenvalue weighted by molar-refractivity contribution is 5.89. The number of halogens is 1. The van der Waals surface area contributed by atoms with Crippen LogP contribution >= 0.6 is 0 Å². The minimum Gasteiger partial charge on any atom is -0.352 e. The van der Waals surface area contributed by atoms with E-state index < -0.39 is 0 Å². The first-order chi connectivity index (χ1) is 11.9. The van der Waals surface area contributed by atoms with E-state index in [0.717, 1.165) is 36.0 Å². The van der Waals surface area contributed by atoms with E-state index in [1.807, 2.05) is 6.92 Å². The quantitative estimate of drug-likeness (QED) is 0.858. The van der Waals surface area contributed by atoms with Crippen LogP contribution in [0.1, 0.15) is 50.7 Å². The highest BCUT2D eigenvalue weighted by Crippen LogP contribution is 2.25. The first kappa shape index (κ1) is 19.2. The van der Waals surface area contributed by atoms with E-state index in [1.54, 1.807) is 11.0 Å². The minimum atomic E-state index is -0.264. The van der Waals surface area contributed by atoms with E-state index in [2.05, 4.69) is 18.3 Å². The van der Waals surface area contributed by atoms with Crippen molar-refractivity contribution in [1.29, 1.82) is 0 Å². The van der Waals surface area contributed by atoms with Gasteiger partial charge in [0, 0.05) is 26.1 Å². The van der Waals surface area contributed by atoms with Crippen molar-refractivity contribution in [3.05, 3.63) is 41.2 Å². The average Bonchev–Trinajstić information content (AvgIpc) is 2.99. The van der Waals surface area contributed by atoms with Crippen LogP contribution in [0, 0.1) is 12.7 Å². The number of hydrogen-bond donors (Lipinski definition) is 1. The molecule has 1 aliphatic rings. The van der Waals surface area contributed by atoms with Crippen LogP contribution in [0.4, 0.5) is 4.39 Å². The molecular weight excluding hydrogens is 319 g/mol. The van der Waals surface area contributed by atoms with E-state index in [0.29, 0.717) is 19.5 Å². The number of nitrogens with zero attached hydrogens (tertiary/aromatic N) is 1. The fraction of sp³-hybridized carbons (Fsp3) is 0.500. The summed E-state index contributed by atoms with van der Waals surface area (Å²) in [4.78, 5) is 25.7. The first-order valence-corrected chi connectivity index (χ1v) is 8.91. The number of amides is 2. The van der Waals surface area contributed by atoms with Gasteiger partial charge in [-0.2, -0.15) is 0 Å². The van der Waals surface area contributed by atoms with Crippen molar-refractivity contribution in [2.45, 2.75) is 52.5 Å². The summed E-state index contributed by atoms with van der Waals surface area (Å²) in [6.07, 6.45) is 5.05. The number of likely N-dealkylation sites (tertiary alicyclic amines) is 1. The summed E-state index contributed by atoms with van der Waals surface area (Å²) < 4.78 is 13.4. The summed E-state index contributed by atoms with van der Waals surface area (Å²) in [7, 11) is 0. The van der Waals surface area contributed by atoms with E-state index in [-0.39, 0.29) is 23.7 Å². The van der Waals surface area contributed by atoms with Gasteiger partial charge in [-0.25, -0.2) is 4.39 Å². The highest BCUT2D eigenvalue weighted by atomic mass is 19.1. The van der Waals surface area contributed by atoms with Crippen molar-refractivity contribution in [3.8, 4) is 0 Å². The second-order valence-corrected chi connectivity index (χ2v) is 6.68. The van der Waals surface area contributed by atoms with Crippen LogP contribution in [0.2, 0.25) is 0 Å². The fourth-order valence-electron chi connectivity index (χ4n) is 3.25. The molecule has 1 saturated heterocycles. The number of aryl methyl sites for hydroxylation is 1. The molecule has 0 radical (unpaired) electrons. The van der Waals surface area contributed by atoms with Gasteiger partial charge in [0.1, 0.15) is 5.82 Å². The van der Waals surface area contributed by atoms with Crippen molar-refractivity contribution >= 4 is 17.4 Å². The van der Waals surface area contributed by atoms with Gasteiger partial charge in [-0.05, 0) is 48.6 Å². The molecule has 1 heterocycles. The Bertz CT molecular complexity index is 670. The maximum absolute atomic E-state index is 13.4. The number of allylic oxidation sites excluding steroid dienone is 1. The summed E-state index contributed by atoms with van der Waals surface area (Å²) in [5.74, 6) is -0.274. The van der Waals surface area contributed by atoms with Gasteiger partial charge >= 0.3 is 0 Å². The average molecular weight is 346 g/mol. The van der Waals surface area contributed by atoms with Crippen LogP contribution in [0.15, 0.2) is 24.3 Å². The molecule has 25 heavy (non-hydrogen) atoms. The molecule has 1 N–H and O–H groups in total. The Kier molecular flexibility index (Phi) is 6.73. The molecule has 1 aromatic rings. The van der Waals surface area contributed by atoms with Gasteiger partial charge in [0.2, 0.25) is 11.8 Å². The molecule has 1 aliphatic heterocycles. The standard InChI is InChI=1S/C20H27FN2O2/c1-4-5-6-16(19-8-7-17(21)11-14(19)2)12-20(25)23-10-9-18(13-23)22-15(3)24/h6-8,11,18H,4-5,9-10,12-13H2,1-3H3,(H,22,24)/b16-6-/t18-/m0/s1. The van der Waals surface area contributed by atoms with E-state index in [9.17, 15) is 14.0 Å². The summed E-state index contributed by atoms with van der Waals surface area (Å²) in [5, 5.41) is 2.87. The monoisotopic (exact) mass is 346 g/mol. The number of benzene rings is 1. The topological polar surface area (TPSA) is 49.4 Å². The molecule has 1 fully saturated rings. The molecule has 1 aromatic carbocycles. The summed E-state index contributed by atoms with van der Waals surface area (Å²) >= 11 is 0. The van der Waals surface area contributed by atoms with E-state index in [1.165, 1.54) is 19.1 Å². The Morgan fingerprint density at radius 1 is 1.40 bits per heavy atom. The zero-order chi connectivity index (χ0) is 18.4. The number of nitrogens with one attached hydrogen (secondary N) is 1. The minimum absolute atomic E-state index is 0.0390. The van der Waals surface area contributed by atoms with E-state index >= 15 is 0 Å². The molecule has 0 aromatic heterocycles. The van der Waals surface area contributed by atoms with Gasteiger partial charge in [0.15, 0.2) is 0 Å². The predicted molar refractivity (Wildman–Crippen MR) is 97.4 cm³/mol. The molecule has 4 nitrogen and oxygen atoms in total. The van der Waals surface area contributed by atoms with Crippen molar-refractivity contribution in [1.82, 2.24) is 10.2 Å². The first-order valence-electron chi connectivity index (χ1n) is 8.91. The summed E-state index contributed by atoms with van der Waals surface area (Å²) in [6, 6.07) is 4.73. The Hall–Kier alpha value is -2.17. The number of carbonyl (C=O) groups excluding carboxylic acids is 2. The molecule has 2 amide bonds. The summed E-state index contributed by atoms with van der Waals surface area (Å²) in [6.45, 7) is 6.67. The van der Waals surface area contributed by atoms with Crippen molar-refractivity contribution < 1.29 is 14.0 Å². The Morgan fingerprint density at radius 3 is 2.80 bits per heavy atom. The third kappa shape index (κ3) is 5.41. The van der Waals surface area contributed by atoms with Crippen LogP contribution in [0.5, 0.6) is 0 Å². The molecule has 0 bridgehead atoms. The maximum atomic E-state index is 13.4. The maximum Gasteiger partial charge on any atom is 0.227 e. The number of unbranched alkanes of at least 4 members (excludes halogenated alkanes) is 1. The lowest BCUT2D eigenvalue weighted by molar-refractivity contribution is -0.129. The Morgan fingerprint density at radius 2 is 2.16 bits per heavy atom. The number of carbonyl (C=O) groups is 2. The molecule has 136 valence electrons. The molecule has 0 unspecified atom stereocenters. The van der Waals surface area contributed by atoms with Crippen LogP contribution < -0.4 is 5.32 Å². The number of hydrogen-bond acceptors (Lipinski definition) is 2. The van der Waals surface area contributed by atoms with E-state index in [4.69, 9.17) is 0 Å². The molecule has 0 aliphatic carbocycles. The molecule has 2 rings (SSSR count). The molecule has 0 saturated carbocycles. The van der Waals surface area contributed by atoms with Crippen molar-refractivity contribution in [3.63, 3.8) is 0 Å². The zero-order valence-corrected chi connectivity index (χ0v) is 15.3. The third-order valence-corrected chi connectivity index (χ3v) is 4.50. The van der Waals surface area contributed by atoms with Crippen LogP contribution in [-0.2, 0) is 9.59 Å². The second kappa shape index (κ2) is 8.79. The molecule has 5 heteroatoms. The Labute approximate surface area is 149 Å². The van der Waals surface area contributed by atoms with Gasteiger partial charge in [-0.15, -0.1) is 0 Å². The number of rotatable bonds is 6. The van der Waals surface area contributed by atoms with Gasteiger partial charge in [-0.3, -0.25) is 9.59 Å². The van der Waals surface area contributed by atoms with Crippen LogP contribution in [0.25, 0.3) is 5.57 Å². The van der Waals surface area contributed by atoms with Gasteiger partial charge < -0.3 is 10.2 Å². The normalized spacial score (nSPS) is 17.7. The zero-order valence-electron chi connectivity index (χ0n) is 15.3. The van der Waals surface area contributed by atoms with Crippen molar-refractivity contribution in [2.24, 2.45) is 0 Å². The molecule has 1 atom stereocenters. The molecular formula is C20H27FN2O2. The summed E-state index contributed by atoms with van der Waals surface area (Å²) in [5.41, 5.74) is 2.72. The predicted octanol–water partition coefficient (Wildman–Crippen LogP) is 3.44. The highest BCUT2D eigenvalue weighted by Gasteiger charge is 2.27. The smallest absolute Gasteiger partial charge is 0.227 e. The second-order valence-electron chi connectivity index (χ2n) is 6.68. The van der Waals surface area contributed by atoms with Crippen LogP contribution in [-0.4, -0.2) is 35.8 Å².